The minimum Gasteiger partial charge on any atom is -0.465 e. The van der Waals surface area contributed by atoms with Crippen LogP contribution < -0.4 is 4.90 Å². The number of rotatable bonds is 9. The summed E-state index contributed by atoms with van der Waals surface area (Å²) in [6.07, 6.45) is 0. The number of carbonyl (C=O) groups excluding carboxylic acids is 2. The topological polar surface area (TPSA) is 77.3 Å². The summed E-state index contributed by atoms with van der Waals surface area (Å²) in [7, 11) is 0. The van der Waals surface area contributed by atoms with Crippen molar-refractivity contribution in [3.8, 4) is 10.7 Å². The first-order valence-corrected chi connectivity index (χ1v) is 11.6. The standard InChI is InChI=1S/C20H21ClN4O3S2/c1-3-24-19(16-6-5-11-29-16)22-23-20(24)30-13-17(26)25(12-18(27)28-4-2)15-9-7-14(21)8-10-15/h5-11H,3-4,12-13H2,1-2H3. The number of hydrogen-bond donors (Lipinski definition) is 0. The molecule has 2 aromatic heterocycles. The molecule has 7 nitrogen and oxygen atoms in total. The van der Waals surface area contributed by atoms with Gasteiger partial charge in [-0.2, -0.15) is 0 Å². The molecule has 0 unspecified atom stereocenters. The molecular formula is C20H21ClN4O3S2. The third-order valence-electron chi connectivity index (χ3n) is 4.13. The van der Waals surface area contributed by atoms with Crippen molar-refractivity contribution >= 4 is 52.3 Å². The van der Waals surface area contributed by atoms with Crippen LogP contribution in [0.5, 0.6) is 0 Å². The molecule has 10 heteroatoms. The van der Waals surface area contributed by atoms with Gasteiger partial charge < -0.3 is 14.2 Å². The van der Waals surface area contributed by atoms with E-state index in [1.54, 1.807) is 42.5 Å². The van der Waals surface area contributed by atoms with Gasteiger partial charge in [-0.05, 0) is 49.6 Å². The lowest BCUT2D eigenvalue weighted by atomic mass is 10.3. The number of esters is 1. The van der Waals surface area contributed by atoms with Crippen LogP contribution in [0.15, 0.2) is 46.9 Å². The van der Waals surface area contributed by atoms with E-state index < -0.39 is 5.97 Å². The summed E-state index contributed by atoms with van der Waals surface area (Å²) in [5, 5.41) is 11.7. The zero-order valence-electron chi connectivity index (χ0n) is 16.6. The summed E-state index contributed by atoms with van der Waals surface area (Å²) in [5.74, 6) is 0.176. The second-order valence-corrected chi connectivity index (χ2v) is 8.40. The molecule has 3 aromatic rings. The van der Waals surface area contributed by atoms with Crippen molar-refractivity contribution in [2.24, 2.45) is 0 Å². The molecule has 2 heterocycles. The van der Waals surface area contributed by atoms with E-state index >= 15 is 0 Å². The van der Waals surface area contributed by atoms with E-state index in [1.165, 1.54) is 16.7 Å². The highest BCUT2D eigenvalue weighted by Gasteiger charge is 2.22. The molecule has 0 radical (unpaired) electrons. The first-order valence-electron chi connectivity index (χ1n) is 9.34. The van der Waals surface area contributed by atoms with E-state index in [9.17, 15) is 9.59 Å². The van der Waals surface area contributed by atoms with Crippen LogP contribution in [0.1, 0.15) is 13.8 Å². The Hall–Kier alpha value is -2.36. The molecule has 0 atom stereocenters. The van der Waals surface area contributed by atoms with Crippen molar-refractivity contribution in [3.63, 3.8) is 0 Å². The van der Waals surface area contributed by atoms with E-state index in [-0.39, 0.29) is 24.8 Å². The number of benzene rings is 1. The van der Waals surface area contributed by atoms with Crippen molar-refractivity contribution in [1.29, 1.82) is 0 Å². The fraction of sp³-hybridized carbons (Fsp3) is 0.300. The molecule has 30 heavy (non-hydrogen) atoms. The Bertz CT molecular complexity index is 990. The highest BCUT2D eigenvalue weighted by Crippen LogP contribution is 2.28. The van der Waals surface area contributed by atoms with Gasteiger partial charge in [-0.1, -0.05) is 29.4 Å². The van der Waals surface area contributed by atoms with Gasteiger partial charge in [0.1, 0.15) is 6.54 Å². The van der Waals surface area contributed by atoms with E-state index in [2.05, 4.69) is 10.2 Å². The predicted octanol–water partition coefficient (Wildman–Crippen LogP) is 4.37. The molecule has 0 saturated carbocycles. The molecule has 0 N–H and O–H groups in total. The normalized spacial score (nSPS) is 10.8. The fourth-order valence-electron chi connectivity index (χ4n) is 2.75. The average Bonchev–Trinajstić information content (AvgIpc) is 3.40. The van der Waals surface area contributed by atoms with Crippen LogP contribution in [-0.4, -0.2) is 45.5 Å². The molecule has 158 valence electrons. The van der Waals surface area contributed by atoms with Crippen LogP contribution >= 0.6 is 34.7 Å². The first-order chi connectivity index (χ1) is 14.5. The predicted molar refractivity (Wildman–Crippen MR) is 120 cm³/mol. The number of thiophene rings is 1. The van der Waals surface area contributed by atoms with E-state index in [4.69, 9.17) is 16.3 Å². The fourth-order valence-corrected chi connectivity index (χ4v) is 4.47. The van der Waals surface area contributed by atoms with Crippen LogP contribution in [0.4, 0.5) is 5.69 Å². The number of ether oxygens (including phenoxy) is 1. The van der Waals surface area contributed by atoms with Gasteiger partial charge >= 0.3 is 5.97 Å². The molecule has 1 aromatic carbocycles. The Balaban J connectivity index is 1.76. The minimum absolute atomic E-state index is 0.102. The lowest BCUT2D eigenvalue weighted by Gasteiger charge is -2.21. The van der Waals surface area contributed by atoms with Gasteiger partial charge in [0.25, 0.3) is 0 Å². The van der Waals surface area contributed by atoms with Gasteiger partial charge in [0.2, 0.25) is 5.91 Å². The molecule has 0 fully saturated rings. The Morgan fingerprint density at radius 2 is 1.97 bits per heavy atom. The van der Waals surface area contributed by atoms with E-state index in [0.717, 1.165) is 10.7 Å². The van der Waals surface area contributed by atoms with Gasteiger partial charge in [-0.15, -0.1) is 21.5 Å². The quantitative estimate of drug-likeness (QED) is 0.345. The average molecular weight is 465 g/mol. The third kappa shape index (κ3) is 5.41. The zero-order valence-corrected chi connectivity index (χ0v) is 19.0. The molecule has 0 bridgehead atoms. The number of nitrogens with zero attached hydrogens (tertiary/aromatic N) is 4. The lowest BCUT2D eigenvalue weighted by Crippen LogP contribution is -2.37. The van der Waals surface area contributed by atoms with Crippen molar-refractivity contribution in [2.45, 2.75) is 25.5 Å². The SMILES string of the molecule is CCOC(=O)CN(C(=O)CSc1nnc(-c2cccs2)n1CC)c1ccc(Cl)cc1. The maximum Gasteiger partial charge on any atom is 0.326 e. The van der Waals surface area contributed by atoms with Crippen LogP contribution in [0.2, 0.25) is 5.02 Å². The minimum atomic E-state index is -0.470. The summed E-state index contributed by atoms with van der Waals surface area (Å²) in [4.78, 5) is 27.4. The van der Waals surface area contributed by atoms with Gasteiger partial charge in [0, 0.05) is 17.3 Å². The van der Waals surface area contributed by atoms with Crippen LogP contribution in [0.25, 0.3) is 10.7 Å². The second kappa shape index (κ2) is 10.6. The highest BCUT2D eigenvalue weighted by atomic mass is 35.5. The maximum absolute atomic E-state index is 13.0. The first kappa shape index (κ1) is 22.3. The molecule has 0 aliphatic heterocycles. The Morgan fingerprint density at radius 1 is 1.20 bits per heavy atom. The lowest BCUT2D eigenvalue weighted by molar-refractivity contribution is -0.142. The van der Waals surface area contributed by atoms with Crippen molar-refractivity contribution in [3.05, 3.63) is 46.8 Å². The molecule has 0 saturated heterocycles. The number of thioether (sulfide) groups is 1. The van der Waals surface area contributed by atoms with Crippen LogP contribution in [0, 0.1) is 0 Å². The number of hydrogen-bond acceptors (Lipinski definition) is 7. The zero-order chi connectivity index (χ0) is 21.5. The van der Waals surface area contributed by atoms with Crippen LogP contribution in [-0.2, 0) is 20.9 Å². The number of halogens is 1. The summed E-state index contributed by atoms with van der Waals surface area (Å²) < 4.78 is 6.99. The summed E-state index contributed by atoms with van der Waals surface area (Å²) in [6.45, 7) is 4.50. The Labute approximate surface area is 188 Å². The van der Waals surface area contributed by atoms with Gasteiger partial charge in [0.05, 0.1) is 17.2 Å². The maximum atomic E-state index is 13.0. The number of aromatic nitrogens is 3. The van der Waals surface area contributed by atoms with Crippen molar-refractivity contribution in [2.75, 3.05) is 23.8 Å². The molecule has 0 aliphatic rings. The summed E-state index contributed by atoms with van der Waals surface area (Å²) in [6, 6.07) is 10.7. The molecule has 0 aliphatic carbocycles. The molecule has 0 spiro atoms. The number of carbonyl (C=O) groups is 2. The van der Waals surface area contributed by atoms with Gasteiger partial charge in [-0.3, -0.25) is 9.59 Å². The van der Waals surface area contributed by atoms with Crippen LogP contribution in [0.3, 0.4) is 0 Å². The molecule has 3 rings (SSSR count). The molecule has 1 amide bonds. The van der Waals surface area contributed by atoms with Crippen molar-refractivity contribution < 1.29 is 14.3 Å². The molecular weight excluding hydrogens is 444 g/mol. The second-order valence-electron chi connectivity index (χ2n) is 6.08. The van der Waals surface area contributed by atoms with E-state index in [1.807, 2.05) is 29.0 Å². The van der Waals surface area contributed by atoms with Gasteiger partial charge in [0.15, 0.2) is 11.0 Å². The summed E-state index contributed by atoms with van der Waals surface area (Å²) in [5.41, 5.74) is 0.578. The third-order valence-corrected chi connectivity index (χ3v) is 6.20. The summed E-state index contributed by atoms with van der Waals surface area (Å²) >= 11 is 8.83. The Kier molecular flexibility index (Phi) is 7.89. The Morgan fingerprint density at radius 3 is 2.60 bits per heavy atom. The monoisotopic (exact) mass is 464 g/mol. The highest BCUT2D eigenvalue weighted by molar-refractivity contribution is 7.99. The number of amides is 1. The van der Waals surface area contributed by atoms with Gasteiger partial charge in [-0.25, -0.2) is 0 Å². The number of anilines is 1. The smallest absolute Gasteiger partial charge is 0.326 e. The van der Waals surface area contributed by atoms with Crippen molar-refractivity contribution in [1.82, 2.24) is 14.8 Å². The van der Waals surface area contributed by atoms with E-state index in [0.29, 0.717) is 22.4 Å². The largest absolute Gasteiger partial charge is 0.465 e.